The number of hydrogen-bond acceptors (Lipinski definition) is 3. The Bertz CT molecular complexity index is 589. The first-order valence-corrected chi connectivity index (χ1v) is 6.56. The predicted octanol–water partition coefficient (Wildman–Crippen LogP) is 3.30. The minimum absolute atomic E-state index is 0.718. The average molecular weight is 267 g/mol. The van der Waals surface area contributed by atoms with Crippen molar-refractivity contribution in [2.24, 2.45) is 5.73 Å². The van der Waals surface area contributed by atoms with E-state index < -0.39 is 0 Å². The standard InChI is InChI=1S/C17H21N3/c1-13-5-6-14(2)20(11-13)12-17(18)15-7-9-16(10-8-15)19(3)4/h5-12H,2,18H2,1,3-4H3/b17-12-. The summed E-state index contributed by atoms with van der Waals surface area (Å²) in [5, 5.41) is 0. The summed E-state index contributed by atoms with van der Waals surface area (Å²) >= 11 is 0. The molecule has 3 nitrogen and oxygen atoms in total. The van der Waals surface area contributed by atoms with Crippen molar-refractivity contribution in [3.05, 3.63) is 72.2 Å². The third kappa shape index (κ3) is 3.12. The fourth-order valence-electron chi connectivity index (χ4n) is 1.96. The highest BCUT2D eigenvalue weighted by molar-refractivity contribution is 5.65. The van der Waals surface area contributed by atoms with Crippen LogP contribution in [-0.4, -0.2) is 19.0 Å². The first-order valence-electron chi connectivity index (χ1n) is 6.56. The Hall–Kier alpha value is -2.42. The Morgan fingerprint density at radius 3 is 2.45 bits per heavy atom. The molecular weight excluding hydrogens is 246 g/mol. The maximum absolute atomic E-state index is 6.17. The van der Waals surface area contributed by atoms with E-state index in [9.17, 15) is 0 Å². The molecule has 0 radical (unpaired) electrons. The largest absolute Gasteiger partial charge is 0.397 e. The van der Waals surface area contributed by atoms with Crippen molar-refractivity contribution in [1.82, 2.24) is 4.90 Å². The number of hydrogen-bond donors (Lipinski definition) is 1. The highest BCUT2D eigenvalue weighted by Gasteiger charge is 2.06. The van der Waals surface area contributed by atoms with Crippen LogP contribution in [0.25, 0.3) is 5.70 Å². The van der Waals surface area contributed by atoms with Gasteiger partial charge in [0.25, 0.3) is 0 Å². The fraction of sp³-hybridized carbons (Fsp3) is 0.176. The zero-order valence-corrected chi connectivity index (χ0v) is 12.3. The van der Waals surface area contributed by atoms with Crippen LogP contribution < -0.4 is 10.6 Å². The monoisotopic (exact) mass is 267 g/mol. The van der Waals surface area contributed by atoms with Gasteiger partial charge in [-0.05, 0) is 36.3 Å². The Morgan fingerprint density at radius 1 is 1.20 bits per heavy atom. The second kappa shape index (κ2) is 5.70. The van der Waals surface area contributed by atoms with E-state index >= 15 is 0 Å². The van der Waals surface area contributed by atoms with E-state index in [4.69, 9.17) is 5.73 Å². The maximum Gasteiger partial charge on any atom is 0.0556 e. The summed E-state index contributed by atoms with van der Waals surface area (Å²) in [6.45, 7) is 6.05. The molecule has 0 atom stereocenters. The minimum atomic E-state index is 0.718. The molecular formula is C17H21N3. The molecule has 0 amide bonds. The lowest BCUT2D eigenvalue weighted by Crippen LogP contribution is -2.13. The molecule has 20 heavy (non-hydrogen) atoms. The van der Waals surface area contributed by atoms with Gasteiger partial charge in [0, 0.05) is 37.9 Å². The smallest absolute Gasteiger partial charge is 0.0556 e. The van der Waals surface area contributed by atoms with Crippen LogP contribution in [0.2, 0.25) is 0 Å². The van der Waals surface area contributed by atoms with Crippen LogP contribution in [0, 0.1) is 0 Å². The van der Waals surface area contributed by atoms with Crippen molar-refractivity contribution < 1.29 is 0 Å². The summed E-state index contributed by atoms with van der Waals surface area (Å²) < 4.78 is 0. The van der Waals surface area contributed by atoms with Gasteiger partial charge < -0.3 is 15.5 Å². The Balaban J connectivity index is 2.22. The van der Waals surface area contributed by atoms with Crippen LogP contribution >= 0.6 is 0 Å². The first kappa shape index (κ1) is 14.0. The van der Waals surface area contributed by atoms with Crippen molar-refractivity contribution >= 4 is 11.4 Å². The lowest BCUT2D eigenvalue weighted by molar-refractivity contribution is 0.643. The molecule has 0 aliphatic carbocycles. The second-order valence-electron chi connectivity index (χ2n) is 5.13. The van der Waals surface area contributed by atoms with Gasteiger partial charge in [-0.2, -0.15) is 0 Å². The number of allylic oxidation sites excluding steroid dienone is 3. The molecule has 0 bridgehead atoms. The van der Waals surface area contributed by atoms with Gasteiger partial charge in [0.15, 0.2) is 0 Å². The second-order valence-corrected chi connectivity index (χ2v) is 5.13. The summed E-state index contributed by atoms with van der Waals surface area (Å²) in [6, 6.07) is 8.17. The summed E-state index contributed by atoms with van der Waals surface area (Å²) in [5.74, 6) is 0. The van der Waals surface area contributed by atoms with Crippen molar-refractivity contribution in [1.29, 1.82) is 0 Å². The van der Waals surface area contributed by atoms with Gasteiger partial charge in [0.2, 0.25) is 0 Å². The first-order chi connectivity index (χ1) is 9.47. The van der Waals surface area contributed by atoms with E-state index in [1.54, 1.807) is 0 Å². The number of nitrogens with two attached hydrogens (primary N) is 1. The lowest BCUT2D eigenvalue weighted by Gasteiger charge is -2.21. The van der Waals surface area contributed by atoms with Crippen molar-refractivity contribution in [2.75, 3.05) is 19.0 Å². The number of anilines is 1. The molecule has 2 rings (SSSR count). The Kier molecular flexibility index (Phi) is 3.99. The third-order valence-electron chi connectivity index (χ3n) is 3.21. The number of benzene rings is 1. The van der Waals surface area contributed by atoms with Gasteiger partial charge >= 0.3 is 0 Å². The Labute approximate surface area is 121 Å². The van der Waals surface area contributed by atoms with Crippen molar-refractivity contribution in [3.8, 4) is 0 Å². The molecule has 0 spiro atoms. The molecule has 2 N–H and O–H groups in total. The van der Waals surface area contributed by atoms with Gasteiger partial charge in [0.1, 0.15) is 0 Å². The molecule has 0 fully saturated rings. The fourth-order valence-corrected chi connectivity index (χ4v) is 1.96. The zero-order valence-electron chi connectivity index (χ0n) is 12.3. The molecule has 104 valence electrons. The van der Waals surface area contributed by atoms with Crippen molar-refractivity contribution in [2.45, 2.75) is 6.92 Å². The summed E-state index contributed by atoms with van der Waals surface area (Å²) in [6.07, 6.45) is 7.94. The van der Waals surface area contributed by atoms with E-state index in [0.29, 0.717) is 0 Å². The third-order valence-corrected chi connectivity index (χ3v) is 3.21. The molecule has 1 aliphatic rings. The van der Waals surface area contributed by atoms with Crippen molar-refractivity contribution in [3.63, 3.8) is 0 Å². The molecule has 0 saturated heterocycles. The maximum atomic E-state index is 6.17. The molecule has 0 unspecified atom stereocenters. The highest BCUT2D eigenvalue weighted by atomic mass is 15.1. The van der Waals surface area contributed by atoms with E-state index in [1.807, 2.05) is 62.6 Å². The van der Waals surface area contributed by atoms with E-state index in [2.05, 4.69) is 23.6 Å². The van der Waals surface area contributed by atoms with Crippen LogP contribution in [0.4, 0.5) is 5.69 Å². The van der Waals surface area contributed by atoms with E-state index in [-0.39, 0.29) is 0 Å². The lowest BCUT2D eigenvalue weighted by atomic mass is 10.1. The summed E-state index contributed by atoms with van der Waals surface area (Å²) in [4.78, 5) is 4.01. The van der Waals surface area contributed by atoms with E-state index in [0.717, 1.165) is 22.6 Å². The van der Waals surface area contributed by atoms with Crippen LogP contribution in [0.15, 0.2) is 66.7 Å². The molecule has 1 aromatic rings. The van der Waals surface area contributed by atoms with Gasteiger partial charge in [-0.25, -0.2) is 0 Å². The number of nitrogens with zero attached hydrogens (tertiary/aromatic N) is 2. The molecule has 3 heteroatoms. The topological polar surface area (TPSA) is 32.5 Å². The summed E-state index contributed by atoms with van der Waals surface area (Å²) in [7, 11) is 4.04. The predicted molar refractivity (Wildman–Crippen MR) is 86.8 cm³/mol. The van der Waals surface area contributed by atoms with Gasteiger partial charge in [0.05, 0.1) is 5.70 Å². The molecule has 0 aromatic heterocycles. The van der Waals surface area contributed by atoms with Crippen LogP contribution in [0.1, 0.15) is 12.5 Å². The molecule has 1 aromatic carbocycles. The quantitative estimate of drug-likeness (QED) is 0.912. The number of rotatable bonds is 3. The zero-order chi connectivity index (χ0) is 14.7. The molecule has 1 heterocycles. The van der Waals surface area contributed by atoms with Gasteiger partial charge in [-0.3, -0.25) is 0 Å². The molecule has 0 saturated carbocycles. The highest BCUT2D eigenvalue weighted by Crippen LogP contribution is 2.20. The van der Waals surface area contributed by atoms with Crippen LogP contribution in [0.5, 0.6) is 0 Å². The summed E-state index contributed by atoms with van der Waals surface area (Å²) in [5.41, 5.74) is 11.1. The normalized spacial score (nSPS) is 15.3. The molecule has 1 aliphatic heterocycles. The van der Waals surface area contributed by atoms with Gasteiger partial charge in [-0.1, -0.05) is 24.8 Å². The minimum Gasteiger partial charge on any atom is -0.397 e. The van der Waals surface area contributed by atoms with E-state index in [1.165, 1.54) is 5.57 Å². The SMILES string of the molecule is C=C1C=CC(C)=CN1/C=C(\N)c1ccc(N(C)C)cc1. The average Bonchev–Trinajstić information content (AvgIpc) is 2.43. The van der Waals surface area contributed by atoms with Crippen LogP contribution in [0.3, 0.4) is 0 Å². The Morgan fingerprint density at radius 2 is 1.85 bits per heavy atom. The van der Waals surface area contributed by atoms with Crippen LogP contribution in [-0.2, 0) is 0 Å². The van der Waals surface area contributed by atoms with Gasteiger partial charge in [-0.15, -0.1) is 0 Å².